The lowest BCUT2D eigenvalue weighted by Gasteiger charge is -2.29. The first-order chi connectivity index (χ1) is 15.9. The van der Waals surface area contributed by atoms with E-state index in [9.17, 15) is 0 Å². The van der Waals surface area contributed by atoms with E-state index >= 15 is 0 Å². The average Bonchev–Trinajstić information content (AvgIpc) is 2.86. The maximum Gasteiger partial charge on any atom is 0.143 e. The predicted octanol–water partition coefficient (Wildman–Crippen LogP) is 8.69. The van der Waals surface area contributed by atoms with Crippen LogP contribution in [0.4, 0.5) is 0 Å². The summed E-state index contributed by atoms with van der Waals surface area (Å²) in [6.45, 7) is 0. The summed E-state index contributed by atoms with van der Waals surface area (Å²) in [5.74, 6) is 3.60. The zero-order valence-corrected chi connectivity index (χ0v) is 17.1. The molecule has 0 N–H and O–H groups in total. The van der Waals surface area contributed by atoms with Gasteiger partial charge in [-0.05, 0) is 40.4 Å². The van der Waals surface area contributed by atoms with Gasteiger partial charge in [0.25, 0.3) is 0 Å². The standard InChI is InChI=1S/C30H16O2/c1-2-8-18-17(7-1)13-14-22-27-20-10-4-3-9-19(20)26-21-11-5-6-12-23(21)31-24-15-16-25(32-30(18)22)29(27)28(24)26/h1-16H. The second-order valence-corrected chi connectivity index (χ2v) is 8.47. The lowest BCUT2D eigenvalue weighted by Crippen LogP contribution is -2.04. The van der Waals surface area contributed by atoms with Gasteiger partial charge in [-0.25, -0.2) is 0 Å². The molecule has 0 atom stereocenters. The molecule has 0 aliphatic carbocycles. The maximum atomic E-state index is 6.62. The van der Waals surface area contributed by atoms with Crippen LogP contribution in [-0.4, -0.2) is 0 Å². The van der Waals surface area contributed by atoms with Crippen molar-refractivity contribution in [1.29, 1.82) is 0 Å². The van der Waals surface area contributed by atoms with Crippen LogP contribution in [0, 0.1) is 0 Å². The zero-order chi connectivity index (χ0) is 20.8. The van der Waals surface area contributed by atoms with Gasteiger partial charge in [0.1, 0.15) is 23.0 Å². The van der Waals surface area contributed by atoms with Crippen molar-refractivity contribution in [2.24, 2.45) is 0 Å². The molecular weight excluding hydrogens is 392 g/mol. The average molecular weight is 408 g/mol. The van der Waals surface area contributed by atoms with Gasteiger partial charge < -0.3 is 9.47 Å². The van der Waals surface area contributed by atoms with Gasteiger partial charge in [-0.1, -0.05) is 72.8 Å². The zero-order valence-electron chi connectivity index (χ0n) is 17.1. The van der Waals surface area contributed by atoms with Gasteiger partial charge in [0, 0.05) is 38.4 Å². The molecule has 2 aliphatic rings. The summed E-state index contributed by atoms with van der Waals surface area (Å²) in [6, 6.07) is 33.9. The van der Waals surface area contributed by atoms with E-state index in [1.165, 1.54) is 27.3 Å². The summed E-state index contributed by atoms with van der Waals surface area (Å²) in [6.07, 6.45) is 0. The quantitative estimate of drug-likeness (QED) is 0.234. The summed E-state index contributed by atoms with van der Waals surface area (Å²) < 4.78 is 13.0. The highest BCUT2D eigenvalue weighted by Gasteiger charge is 2.31. The van der Waals surface area contributed by atoms with Crippen LogP contribution in [0.5, 0.6) is 23.0 Å². The van der Waals surface area contributed by atoms with Crippen molar-refractivity contribution in [3.05, 3.63) is 97.1 Å². The summed E-state index contributed by atoms with van der Waals surface area (Å²) in [7, 11) is 0. The molecule has 2 heterocycles. The van der Waals surface area contributed by atoms with Crippen LogP contribution in [-0.2, 0) is 0 Å². The summed E-state index contributed by atoms with van der Waals surface area (Å²) in [5.41, 5.74) is 4.72. The lowest BCUT2D eigenvalue weighted by molar-refractivity contribution is 0.478. The highest BCUT2D eigenvalue weighted by atomic mass is 16.5. The molecule has 2 nitrogen and oxygen atoms in total. The van der Waals surface area contributed by atoms with E-state index in [4.69, 9.17) is 9.47 Å². The Morgan fingerprint density at radius 3 is 1.84 bits per heavy atom. The minimum absolute atomic E-state index is 0.886. The van der Waals surface area contributed by atoms with Crippen molar-refractivity contribution in [1.82, 2.24) is 0 Å². The van der Waals surface area contributed by atoms with Crippen LogP contribution >= 0.6 is 0 Å². The normalized spacial score (nSPS) is 12.9. The molecule has 6 aromatic carbocycles. The van der Waals surface area contributed by atoms with Gasteiger partial charge >= 0.3 is 0 Å². The molecule has 0 bridgehead atoms. The molecule has 0 spiro atoms. The van der Waals surface area contributed by atoms with Crippen LogP contribution < -0.4 is 9.47 Å². The van der Waals surface area contributed by atoms with E-state index in [-0.39, 0.29) is 0 Å². The number of hydrogen-bond donors (Lipinski definition) is 0. The first-order valence-electron chi connectivity index (χ1n) is 10.9. The fourth-order valence-corrected chi connectivity index (χ4v) is 5.52. The molecule has 2 heteroatoms. The van der Waals surface area contributed by atoms with Crippen molar-refractivity contribution in [2.75, 3.05) is 0 Å². The van der Waals surface area contributed by atoms with Crippen molar-refractivity contribution in [3.63, 3.8) is 0 Å². The van der Waals surface area contributed by atoms with Crippen molar-refractivity contribution in [3.8, 4) is 45.3 Å². The van der Waals surface area contributed by atoms with Crippen molar-refractivity contribution >= 4 is 32.3 Å². The number of rotatable bonds is 0. The molecule has 0 amide bonds. The number of ether oxygens (including phenoxy) is 2. The van der Waals surface area contributed by atoms with Gasteiger partial charge in [-0.15, -0.1) is 0 Å². The molecular formula is C30H16O2. The van der Waals surface area contributed by atoms with Crippen LogP contribution in [0.15, 0.2) is 97.1 Å². The van der Waals surface area contributed by atoms with E-state index < -0.39 is 0 Å². The first-order valence-corrected chi connectivity index (χ1v) is 10.9. The molecule has 0 saturated heterocycles. The van der Waals surface area contributed by atoms with E-state index in [0.29, 0.717) is 0 Å². The molecule has 8 rings (SSSR count). The molecule has 6 aromatic rings. The minimum atomic E-state index is 0.886. The summed E-state index contributed by atoms with van der Waals surface area (Å²) >= 11 is 0. The molecule has 0 radical (unpaired) electrons. The largest absolute Gasteiger partial charge is 0.456 e. The topological polar surface area (TPSA) is 18.5 Å². The Labute approximate surface area is 184 Å². The summed E-state index contributed by atoms with van der Waals surface area (Å²) in [5, 5.41) is 7.06. The number of benzene rings is 6. The minimum Gasteiger partial charge on any atom is -0.456 e. The van der Waals surface area contributed by atoms with Crippen LogP contribution in [0.25, 0.3) is 54.6 Å². The van der Waals surface area contributed by atoms with Crippen molar-refractivity contribution in [2.45, 2.75) is 0 Å². The molecule has 0 unspecified atom stereocenters. The van der Waals surface area contributed by atoms with Gasteiger partial charge in [0.2, 0.25) is 0 Å². The van der Waals surface area contributed by atoms with Crippen LogP contribution in [0.2, 0.25) is 0 Å². The fraction of sp³-hybridized carbons (Fsp3) is 0. The number of hydrogen-bond acceptors (Lipinski definition) is 2. The van der Waals surface area contributed by atoms with Gasteiger partial charge in [-0.3, -0.25) is 0 Å². The van der Waals surface area contributed by atoms with Gasteiger partial charge in [-0.2, -0.15) is 0 Å². The fourth-order valence-electron chi connectivity index (χ4n) is 5.52. The third-order valence-electron chi connectivity index (χ3n) is 6.83. The Balaban J connectivity index is 1.64. The Morgan fingerprint density at radius 2 is 1.03 bits per heavy atom. The molecule has 0 saturated carbocycles. The first kappa shape index (κ1) is 16.4. The Kier molecular flexibility index (Phi) is 2.91. The predicted molar refractivity (Wildman–Crippen MR) is 130 cm³/mol. The van der Waals surface area contributed by atoms with Crippen LogP contribution in [0.1, 0.15) is 0 Å². The Bertz CT molecular complexity index is 1780. The smallest absolute Gasteiger partial charge is 0.143 e. The Hall–Kier alpha value is -4.30. The molecule has 0 fully saturated rings. The van der Waals surface area contributed by atoms with Crippen LogP contribution in [0.3, 0.4) is 0 Å². The van der Waals surface area contributed by atoms with Gasteiger partial charge in [0.15, 0.2) is 0 Å². The second-order valence-electron chi connectivity index (χ2n) is 8.47. The van der Waals surface area contributed by atoms with E-state index in [1.54, 1.807) is 0 Å². The van der Waals surface area contributed by atoms with E-state index in [1.807, 2.05) is 18.2 Å². The second kappa shape index (κ2) is 5.68. The summed E-state index contributed by atoms with van der Waals surface area (Å²) in [4.78, 5) is 0. The maximum absolute atomic E-state index is 6.62. The highest BCUT2D eigenvalue weighted by molar-refractivity contribution is 6.27. The monoisotopic (exact) mass is 408 g/mol. The molecule has 0 aromatic heterocycles. The number of para-hydroxylation sites is 1. The third-order valence-corrected chi connectivity index (χ3v) is 6.83. The highest BCUT2D eigenvalue weighted by Crippen LogP contribution is 2.58. The van der Waals surface area contributed by atoms with Crippen molar-refractivity contribution < 1.29 is 9.47 Å². The SMILES string of the molecule is c1ccc2c(c1)Oc1ccc3c4c(c5ccccc5c-2c14)-c1ccc2ccccc2c1O3. The Morgan fingerprint density at radius 1 is 0.406 bits per heavy atom. The third kappa shape index (κ3) is 1.91. The molecule has 32 heavy (non-hydrogen) atoms. The lowest BCUT2D eigenvalue weighted by atomic mass is 9.82. The molecule has 2 aliphatic heterocycles. The van der Waals surface area contributed by atoms with E-state index in [2.05, 4.69) is 78.9 Å². The molecule has 148 valence electrons. The van der Waals surface area contributed by atoms with Gasteiger partial charge in [0.05, 0.1) is 0 Å². The van der Waals surface area contributed by atoms with E-state index in [0.717, 1.165) is 50.3 Å². The number of fused-ring (bicyclic) bond motifs is 9.